The first kappa shape index (κ1) is 23.9. The molecule has 0 aliphatic heterocycles. The van der Waals surface area contributed by atoms with Gasteiger partial charge in [0.2, 0.25) is 0 Å². The summed E-state index contributed by atoms with van der Waals surface area (Å²) in [5.41, 5.74) is 0.662. The van der Waals surface area contributed by atoms with Crippen molar-refractivity contribution in [3.8, 4) is 0 Å². The summed E-state index contributed by atoms with van der Waals surface area (Å²) < 4.78 is 0. The number of carboxylic acids is 2. The summed E-state index contributed by atoms with van der Waals surface area (Å²) in [6.07, 6.45) is 0. The first-order valence-corrected chi connectivity index (χ1v) is 5.18. The summed E-state index contributed by atoms with van der Waals surface area (Å²) in [6.45, 7) is 0. The van der Waals surface area contributed by atoms with Crippen LogP contribution in [-0.4, -0.2) is 33.1 Å². The molecular formula is C14H16MnO6. The van der Waals surface area contributed by atoms with E-state index < -0.39 is 11.9 Å². The minimum Gasteiger partial charge on any atom is -0.478 e. The minimum atomic E-state index is -0.879. The summed E-state index contributed by atoms with van der Waals surface area (Å²) in [6, 6.07) is 16.6. The maximum Gasteiger partial charge on any atom is 0.335 e. The molecule has 0 spiro atoms. The predicted octanol–water partition coefficient (Wildman–Crippen LogP) is 1.12. The molecule has 6 nitrogen and oxygen atoms in total. The summed E-state index contributed by atoms with van der Waals surface area (Å²) in [7, 11) is 0. The van der Waals surface area contributed by atoms with Crippen molar-refractivity contribution in [1.29, 1.82) is 0 Å². The van der Waals surface area contributed by atoms with Crippen LogP contribution in [0.5, 0.6) is 0 Å². The third-order valence-corrected chi connectivity index (χ3v) is 2.04. The van der Waals surface area contributed by atoms with Gasteiger partial charge >= 0.3 is 11.9 Å². The summed E-state index contributed by atoms with van der Waals surface area (Å²) in [5.74, 6) is -1.76. The Bertz CT molecular complexity index is 466. The molecule has 0 bridgehead atoms. The first-order chi connectivity index (χ1) is 8.61. The van der Waals surface area contributed by atoms with E-state index in [1.165, 1.54) is 0 Å². The average Bonchev–Trinajstić information content (AvgIpc) is 2.41. The Morgan fingerprint density at radius 2 is 0.857 bits per heavy atom. The van der Waals surface area contributed by atoms with Gasteiger partial charge in [0.15, 0.2) is 0 Å². The van der Waals surface area contributed by atoms with Crippen molar-refractivity contribution in [3.63, 3.8) is 0 Å². The van der Waals surface area contributed by atoms with Gasteiger partial charge in [-0.1, -0.05) is 36.4 Å². The summed E-state index contributed by atoms with van der Waals surface area (Å²) >= 11 is 0. The smallest absolute Gasteiger partial charge is 0.335 e. The molecule has 2 aromatic rings. The molecule has 0 saturated carbocycles. The molecule has 0 heterocycles. The third kappa shape index (κ3) is 9.37. The molecule has 21 heavy (non-hydrogen) atoms. The Hall–Kier alpha value is -2.18. The topological polar surface area (TPSA) is 138 Å². The maximum atomic E-state index is 10.2. The average molecular weight is 335 g/mol. The molecule has 0 atom stereocenters. The second-order valence-corrected chi connectivity index (χ2v) is 3.34. The number of hydrogen-bond donors (Lipinski definition) is 2. The van der Waals surface area contributed by atoms with Crippen LogP contribution in [0.1, 0.15) is 20.7 Å². The van der Waals surface area contributed by atoms with Crippen LogP contribution in [0.2, 0.25) is 0 Å². The van der Waals surface area contributed by atoms with Crippen molar-refractivity contribution in [3.05, 3.63) is 71.8 Å². The molecule has 2 rings (SSSR count). The monoisotopic (exact) mass is 335 g/mol. The van der Waals surface area contributed by atoms with Gasteiger partial charge in [0, 0.05) is 17.1 Å². The Kier molecular flexibility index (Phi) is 14.6. The molecule has 0 unspecified atom stereocenters. The van der Waals surface area contributed by atoms with Gasteiger partial charge in [0.25, 0.3) is 0 Å². The number of benzene rings is 2. The minimum absolute atomic E-state index is 0. The molecule has 1 radical (unpaired) electrons. The second kappa shape index (κ2) is 12.8. The Morgan fingerprint density at radius 1 is 0.619 bits per heavy atom. The zero-order valence-corrected chi connectivity index (χ0v) is 12.0. The standard InChI is InChI=1S/2C7H6O2.Mn.2H2O/c2*8-7(9)6-4-2-1-3-5-6;;;/h2*1-5H,(H,8,9);;2*1H2. The molecule has 0 fully saturated rings. The van der Waals surface area contributed by atoms with Crippen molar-refractivity contribution in [2.75, 3.05) is 0 Å². The molecular weight excluding hydrogens is 319 g/mol. The van der Waals surface area contributed by atoms with Gasteiger partial charge in [-0.3, -0.25) is 0 Å². The van der Waals surface area contributed by atoms with Gasteiger partial charge in [0.05, 0.1) is 11.1 Å². The molecule has 0 saturated heterocycles. The van der Waals surface area contributed by atoms with E-state index in [1.54, 1.807) is 60.7 Å². The van der Waals surface area contributed by atoms with Crippen LogP contribution >= 0.6 is 0 Å². The number of hydrogen-bond acceptors (Lipinski definition) is 2. The predicted molar refractivity (Wildman–Crippen MR) is 74.0 cm³/mol. The van der Waals surface area contributed by atoms with Crippen LogP contribution < -0.4 is 0 Å². The summed E-state index contributed by atoms with van der Waals surface area (Å²) in [5, 5.41) is 16.8. The quantitative estimate of drug-likeness (QED) is 0.794. The Labute approximate surface area is 132 Å². The fourth-order valence-corrected chi connectivity index (χ4v) is 1.16. The largest absolute Gasteiger partial charge is 0.478 e. The first-order valence-electron chi connectivity index (χ1n) is 5.18. The molecule has 0 aliphatic rings. The zero-order valence-electron chi connectivity index (χ0n) is 10.9. The molecule has 7 heteroatoms. The third-order valence-electron chi connectivity index (χ3n) is 2.04. The van der Waals surface area contributed by atoms with Crippen molar-refractivity contribution in [2.45, 2.75) is 0 Å². The molecule has 2 aromatic carbocycles. The second-order valence-electron chi connectivity index (χ2n) is 3.34. The van der Waals surface area contributed by atoms with Gasteiger partial charge in [-0.15, -0.1) is 0 Å². The van der Waals surface area contributed by atoms with Gasteiger partial charge < -0.3 is 21.2 Å². The molecule has 0 aromatic heterocycles. The van der Waals surface area contributed by atoms with Gasteiger partial charge in [-0.25, -0.2) is 9.59 Å². The van der Waals surface area contributed by atoms with Crippen molar-refractivity contribution < 1.29 is 47.8 Å². The van der Waals surface area contributed by atoms with E-state index in [9.17, 15) is 9.59 Å². The Morgan fingerprint density at radius 3 is 1.00 bits per heavy atom. The molecule has 0 amide bonds. The van der Waals surface area contributed by atoms with Crippen molar-refractivity contribution in [2.24, 2.45) is 0 Å². The molecule has 6 N–H and O–H groups in total. The van der Waals surface area contributed by atoms with Crippen LogP contribution in [0.25, 0.3) is 0 Å². The van der Waals surface area contributed by atoms with Crippen molar-refractivity contribution >= 4 is 11.9 Å². The van der Waals surface area contributed by atoms with Crippen LogP contribution in [-0.2, 0) is 17.1 Å². The van der Waals surface area contributed by atoms with E-state index in [-0.39, 0.29) is 28.0 Å². The summed E-state index contributed by atoms with van der Waals surface area (Å²) in [4.78, 5) is 20.4. The number of aromatic carboxylic acids is 2. The fourth-order valence-electron chi connectivity index (χ4n) is 1.16. The number of rotatable bonds is 2. The van der Waals surface area contributed by atoms with Gasteiger partial charge in [0.1, 0.15) is 0 Å². The van der Waals surface area contributed by atoms with Crippen LogP contribution in [0.4, 0.5) is 0 Å². The van der Waals surface area contributed by atoms with Crippen LogP contribution in [0, 0.1) is 0 Å². The number of carboxylic acid groups (broad SMARTS) is 2. The fraction of sp³-hybridized carbons (Fsp3) is 0. The van der Waals surface area contributed by atoms with E-state index in [1.807, 2.05) is 0 Å². The zero-order chi connectivity index (χ0) is 13.4. The molecule has 0 aliphatic carbocycles. The van der Waals surface area contributed by atoms with Gasteiger partial charge in [-0.05, 0) is 24.3 Å². The van der Waals surface area contributed by atoms with E-state index in [4.69, 9.17) is 10.2 Å². The SMILES string of the molecule is O.O.O=C(O)c1ccccc1.O=C(O)c1ccccc1.[Mn]. The Balaban J connectivity index is -0.000000270. The number of carbonyl (C=O) groups is 2. The normalized spacial score (nSPS) is 7.62. The van der Waals surface area contributed by atoms with Gasteiger partial charge in [-0.2, -0.15) is 0 Å². The van der Waals surface area contributed by atoms with Crippen molar-refractivity contribution in [1.82, 2.24) is 0 Å². The van der Waals surface area contributed by atoms with E-state index >= 15 is 0 Å². The van der Waals surface area contributed by atoms with Crippen LogP contribution in [0.3, 0.4) is 0 Å². The van der Waals surface area contributed by atoms with E-state index in [2.05, 4.69) is 0 Å². The van der Waals surface area contributed by atoms with E-state index in [0.29, 0.717) is 11.1 Å². The maximum absolute atomic E-state index is 10.2. The molecule has 115 valence electrons. The van der Waals surface area contributed by atoms with E-state index in [0.717, 1.165) is 0 Å². The van der Waals surface area contributed by atoms with Crippen LogP contribution in [0.15, 0.2) is 60.7 Å².